The van der Waals surface area contributed by atoms with Crippen molar-refractivity contribution in [2.45, 2.75) is 44.1 Å². The van der Waals surface area contributed by atoms with Gasteiger partial charge in [-0.05, 0) is 48.4 Å². The lowest BCUT2D eigenvalue weighted by Crippen LogP contribution is -2.38. The summed E-state index contributed by atoms with van der Waals surface area (Å²) in [7, 11) is 0. The van der Waals surface area contributed by atoms with Crippen LogP contribution < -0.4 is 10.1 Å². The van der Waals surface area contributed by atoms with E-state index in [4.69, 9.17) is 4.74 Å². The van der Waals surface area contributed by atoms with Gasteiger partial charge in [0.05, 0.1) is 24.8 Å². The summed E-state index contributed by atoms with van der Waals surface area (Å²) in [5.41, 5.74) is 1.88. The summed E-state index contributed by atoms with van der Waals surface area (Å²) < 4.78 is 47.6. The summed E-state index contributed by atoms with van der Waals surface area (Å²) in [6.45, 7) is 2.20. The molecule has 2 aliphatic heterocycles. The summed E-state index contributed by atoms with van der Waals surface area (Å²) in [6.07, 6.45) is 1.08. The van der Waals surface area contributed by atoms with Crippen molar-refractivity contribution in [3.8, 4) is 5.75 Å². The Hall–Kier alpha value is -2.88. The van der Waals surface area contributed by atoms with Crippen LogP contribution in [-0.4, -0.2) is 52.9 Å². The molecule has 1 amide bonds. The molecule has 3 fully saturated rings. The molecule has 0 bridgehead atoms. The Kier molecular flexibility index (Phi) is 5.40. The zero-order chi connectivity index (χ0) is 22.3. The molecule has 170 valence electrons. The molecule has 1 N–H and O–H groups in total. The highest BCUT2D eigenvalue weighted by Crippen LogP contribution is 2.42. The van der Waals surface area contributed by atoms with E-state index >= 15 is 0 Å². The van der Waals surface area contributed by atoms with Gasteiger partial charge in [0, 0.05) is 31.4 Å². The van der Waals surface area contributed by atoms with Crippen LogP contribution in [0.4, 0.5) is 19.1 Å². The third-order valence-corrected chi connectivity index (χ3v) is 6.19. The third kappa shape index (κ3) is 4.64. The number of anilines is 1. The van der Waals surface area contributed by atoms with Crippen molar-refractivity contribution in [1.29, 1.82) is 0 Å². The zero-order valence-corrected chi connectivity index (χ0v) is 17.3. The molecular formula is C22H23F3N4O3. The Morgan fingerprint density at radius 2 is 1.94 bits per heavy atom. The second-order valence-electron chi connectivity index (χ2n) is 8.53. The van der Waals surface area contributed by atoms with Crippen molar-refractivity contribution in [3.63, 3.8) is 0 Å². The smallest absolute Gasteiger partial charge is 0.406 e. The zero-order valence-electron chi connectivity index (χ0n) is 17.3. The summed E-state index contributed by atoms with van der Waals surface area (Å²) in [4.78, 5) is 23.1. The van der Waals surface area contributed by atoms with Crippen molar-refractivity contribution in [3.05, 3.63) is 47.3 Å². The molecule has 3 aliphatic rings. The van der Waals surface area contributed by atoms with Crippen LogP contribution in [0.3, 0.4) is 0 Å². The second-order valence-corrected chi connectivity index (χ2v) is 8.53. The maximum atomic E-state index is 12.8. The van der Waals surface area contributed by atoms with Crippen molar-refractivity contribution in [2.24, 2.45) is 5.92 Å². The van der Waals surface area contributed by atoms with E-state index in [0.717, 1.165) is 24.8 Å². The number of nitrogens with zero attached hydrogens (tertiary/aromatic N) is 3. The molecule has 1 aromatic heterocycles. The molecule has 0 radical (unpaired) electrons. The molecule has 7 nitrogen and oxygen atoms in total. The Balaban J connectivity index is 1.24. The molecular weight excluding hydrogens is 425 g/mol. The normalized spacial score (nSPS) is 22.7. The molecule has 5 rings (SSSR count). The Bertz CT molecular complexity index is 995. The monoisotopic (exact) mass is 448 g/mol. The van der Waals surface area contributed by atoms with Crippen molar-refractivity contribution < 1.29 is 27.4 Å². The van der Waals surface area contributed by atoms with E-state index in [9.17, 15) is 18.0 Å². The van der Waals surface area contributed by atoms with Crippen LogP contribution in [0.15, 0.2) is 30.6 Å². The molecule has 2 atom stereocenters. The van der Waals surface area contributed by atoms with Crippen LogP contribution in [0, 0.1) is 5.92 Å². The molecule has 0 spiro atoms. The number of fused-ring (bicyclic) bond motifs is 1. The van der Waals surface area contributed by atoms with Gasteiger partial charge in [-0.25, -0.2) is 9.97 Å². The van der Waals surface area contributed by atoms with Crippen molar-refractivity contribution in [1.82, 2.24) is 14.9 Å². The fraction of sp³-hybridized carbons (Fsp3) is 0.500. The number of ether oxygens (including phenoxy) is 2. The predicted molar refractivity (Wildman–Crippen MR) is 108 cm³/mol. The first-order chi connectivity index (χ1) is 15.4. The van der Waals surface area contributed by atoms with Gasteiger partial charge in [0.25, 0.3) is 5.91 Å². The number of alkyl halides is 3. The van der Waals surface area contributed by atoms with E-state index in [1.165, 1.54) is 24.5 Å². The highest BCUT2D eigenvalue weighted by Gasteiger charge is 2.41. The van der Waals surface area contributed by atoms with Crippen LogP contribution in [0.5, 0.6) is 5.75 Å². The number of halogens is 3. The molecule has 1 saturated carbocycles. The highest BCUT2D eigenvalue weighted by atomic mass is 19.4. The van der Waals surface area contributed by atoms with E-state index in [2.05, 4.69) is 20.0 Å². The maximum Gasteiger partial charge on any atom is 0.573 e. The minimum atomic E-state index is -4.74. The minimum absolute atomic E-state index is 0.111. The third-order valence-electron chi connectivity index (χ3n) is 6.19. The number of carbonyl (C=O) groups excluding carboxylic acids is 1. The van der Waals surface area contributed by atoms with Crippen LogP contribution in [0.1, 0.15) is 46.7 Å². The van der Waals surface area contributed by atoms with Gasteiger partial charge in [-0.1, -0.05) is 6.07 Å². The number of carbonyl (C=O) groups is 1. The molecule has 2 aromatic rings. The largest absolute Gasteiger partial charge is 0.573 e. The van der Waals surface area contributed by atoms with Gasteiger partial charge in [-0.3, -0.25) is 4.79 Å². The average molecular weight is 448 g/mol. The van der Waals surface area contributed by atoms with Gasteiger partial charge in [0.2, 0.25) is 5.95 Å². The van der Waals surface area contributed by atoms with Gasteiger partial charge in [-0.15, -0.1) is 13.2 Å². The molecule has 2 unspecified atom stereocenters. The van der Waals surface area contributed by atoms with Gasteiger partial charge >= 0.3 is 6.36 Å². The van der Waals surface area contributed by atoms with E-state index in [0.29, 0.717) is 42.8 Å². The number of hydrogen-bond acceptors (Lipinski definition) is 6. The Morgan fingerprint density at radius 3 is 2.66 bits per heavy atom. The summed E-state index contributed by atoms with van der Waals surface area (Å²) in [6, 6.07) is 4.80. The van der Waals surface area contributed by atoms with Crippen molar-refractivity contribution >= 4 is 11.9 Å². The number of rotatable bonds is 6. The minimum Gasteiger partial charge on any atom is -0.406 e. The number of hydrogen-bond donors (Lipinski definition) is 1. The highest BCUT2D eigenvalue weighted by molar-refractivity contribution is 5.94. The second kappa shape index (κ2) is 8.23. The maximum absolute atomic E-state index is 12.8. The lowest BCUT2D eigenvalue weighted by molar-refractivity contribution is -0.274. The standard InChI is InChI=1S/C22H23F3N4O3/c23-22(24,25)32-18-6-13(5-16(7-18)14-1-2-14)8-26-21-27-9-17(10-28-21)20(30)29-4-3-15-11-31-12-19(15)29/h5-7,9-10,14-15,19H,1-4,8,11-12H2,(H,26,27,28). The van der Waals surface area contributed by atoms with Gasteiger partial charge in [-0.2, -0.15) is 0 Å². The quantitative estimate of drug-likeness (QED) is 0.726. The first kappa shape index (κ1) is 21.0. The molecule has 1 aromatic carbocycles. The van der Waals surface area contributed by atoms with Gasteiger partial charge < -0.3 is 19.7 Å². The van der Waals surface area contributed by atoms with Gasteiger partial charge in [0.1, 0.15) is 5.75 Å². The molecule has 10 heteroatoms. The van der Waals surface area contributed by atoms with Crippen LogP contribution in [0.2, 0.25) is 0 Å². The lowest BCUT2D eigenvalue weighted by atomic mass is 10.1. The first-order valence-electron chi connectivity index (χ1n) is 10.7. The number of amides is 1. The van der Waals surface area contributed by atoms with Gasteiger partial charge in [0.15, 0.2) is 0 Å². The number of benzene rings is 1. The molecule has 32 heavy (non-hydrogen) atoms. The van der Waals surface area contributed by atoms with E-state index in [1.807, 2.05) is 11.0 Å². The van der Waals surface area contributed by atoms with E-state index < -0.39 is 6.36 Å². The fourth-order valence-corrected chi connectivity index (χ4v) is 4.44. The lowest BCUT2D eigenvalue weighted by Gasteiger charge is -2.22. The number of aromatic nitrogens is 2. The molecule has 2 saturated heterocycles. The van der Waals surface area contributed by atoms with E-state index in [-0.39, 0.29) is 30.2 Å². The fourth-order valence-electron chi connectivity index (χ4n) is 4.44. The van der Waals surface area contributed by atoms with Crippen LogP contribution in [0.25, 0.3) is 0 Å². The van der Waals surface area contributed by atoms with E-state index in [1.54, 1.807) is 0 Å². The first-order valence-corrected chi connectivity index (χ1v) is 10.7. The molecule has 3 heterocycles. The number of likely N-dealkylation sites (tertiary alicyclic amines) is 1. The number of nitrogens with one attached hydrogen (secondary N) is 1. The summed E-state index contributed by atoms with van der Waals surface area (Å²) in [5.74, 6) is 0.641. The Morgan fingerprint density at radius 1 is 1.16 bits per heavy atom. The summed E-state index contributed by atoms with van der Waals surface area (Å²) >= 11 is 0. The van der Waals surface area contributed by atoms with Crippen LogP contribution in [-0.2, 0) is 11.3 Å². The topological polar surface area (TPSA) is 76.6 Å². The average Bonchev–Trinajstić information content (AvgIpc) is 3.37. The predicted octanol–water partition coefficient (Wildman–Crippen LogP) is 3.73. The van der Waals surface area contributed by atoms with Crippen molar-refractivity contribution in [2.75, 3.05) is 25.1 Å². The van der Waals surface area contributed by atoms with Crippen LogP contribution >= 0.6 is 0 Å². The Labute approximate surface area is 182 Å². The SMILES string of the molecule is O=C(c1cnc(NCc2cc(OC(F)(F)F)cc(C3CC3)c2)nc1)N1CCC2COCC21. The molecule has 1 aliphatic carbocycles. The summed E-state index contributed by atoms with van der Waals surface area (Å²) in [5, 5.41) is 3.01.